The summed E-state index contributed by atoms with van der Waals surface area (Å²) in [7, 11) is 0. The summed E-state index contributed by atoms with van der Waals surface area (Å²) in [6.45, 7) is 13.6. The van der Waals surface area contributed by atoms with Crippen molar-refractivity contribution >= 4 is 0 Å². The highest BCUT2D eigenvalue weighted by molar-refractivity contribution is 4.93. The maximum absolute atomic E-state index is 6.10. The van der Waals surface area contributed by atoms with Crippen LogP contribution in [0.2, 0.25) is 0 Å². The largest absolute Gasteiger partial charge is 0.372 e. The number of nitrogens with zero attached hydrogens (tertiary/aromatic N) is 2. The second kappa shape index (κ2) is 5.03. The minimum absolute atomic E-state index is 0.180. The smallest absolute Gasteiger partial charge is 0.0833 e. The molecular weight excluding hydrogens is 200 g/mol. The third-order valence-corrected chi connectivity index (χ3v) is 4.21. The lowest BCUT2D eigenvalue weighted by molar-refractivity contribution is -0.136. The van der Waals surface area contributed by atoms with Crippen LogP contribution in [0.15, 0.2) is 0 Å². The van der Waals surface area contributed by atoms with E-state index in [4.69, 9.17) is 4.74 Å². The van der Waals surface area contributed by atoms with E-state index in [0.29, 0.717) is 6.04 Å². The van der Waals surface area contributed by atoms with Crippen LogP contribution in [0.4, 0.5) is 0 Å². The van der Waals surface area contributed by atoms with Crippen LogP contribution in [0.25, 0.3) is 0 Å². The lowest BCUT2D eigenvalue weighted by Gasteiger charge is -2.48. The molecule has 16 heavy (non-hydrogen) atoms. The lowest BCUT2D eigenvalue weighted by Crippen LogP contribution is -2.57. The van der Waals surface area contributed by atoms with Gasteiger partial charge in [-0.15, -0.1) is 0 Å². The molecule has 0 aromatic rings. The van der Waals surface area contributed by atoms with E-state index in [2.05, 4.69) is 30.6 Å². The van der Waals surface area contributed by atoms with Gasteiger partial charge < -0.3 is 9.64 Å². The Hall–Kier alpha value is -0.120. The van der Waals surface area contributed by atoms with Crippen molar-refractivity contribution < 1.29 is 4.74 Å². The average Bonchev–Trinajstić information content (AvgIpc) is 2.29. The van der Waals surface area contributed by atoms with Gasteiger partial charge in [-0.25, -0.2) is 0 Å². The van der Waals surface area contributed by atoms with Crippen molar-refractivity contribution in [2.75, 3.05) is 39.3 Å². The van der Waals surface area contributed by atoms with Crippen molar-refractivity contribution in [2.24, 2.45) is 0 Å². The molecule has 3 nitrogen and oxygen atoms in total. The summed E-state index contributed by atoms with van der Waals surface area (Å²) in [5.41, 5.74) is 0.180. The van der Waals surface area contributed by atoms with Crippen molar-refractivity contribution in [3.8, 4) is 0 Å². The first-order valence-electron chi connectivity index (χ1n) is 6.75. The van der Waals surface area contributed by atoms with Crippen LogP contribution < -0.4 is 0 Å². The van der Waals surface area contributed by atoms with Gasteiger partial charge in [-0.1, -0.05) is 6.92 Å². The molecule has 2 aliphatic rings. The quantitative estimate of drug-likeness (QED) is 0.711. The van der Waals surface area contributed by atoms with Crippen molar-refractivity contribution in [2.45, 2.75) is 45.3 Å². The Kier molecular flexibility index (Phi) is 3.88. The number of ether oxygens (including phenoxy) is 1. The van der Waals surface area contributed by atoms with E-state index in [1.165, 1.54) is 32.5 Å². The van der Waals surface area contributed by atoms with Crippen LogP contribution >= 0.6 is 0 Å². The third kappa shape index (κ3) is 2.58. The van der Waals surface area contributed by atoms with Gasteiger partial charge >= 0.3 is 0 Å². The van der Waals surface area contributed by atoms with E-state index < -0.39 is 0 Å². The topological polar surface area (TPSA) is 15.7 Å². The fraction of sp³-hybridized carbons (Fsp3) is 1.00. The van der Waals surface area contributed by atoms with E-state index in [9.17, 15) is 0 Å². The zero-order chi connectivity index (χ0) is 11.6. The van der Waals surface area contributed by atoms with Crippen LogP contribution in [0.1, 0.15) is 33.6 Å². The molecule has 0 N–H and O–H groups in total. The van der Waals surface area contributed by atoms with Crippen LogP contribution in [-0.4, -0.2) is 60.8 Å². The fourth-order valence-electron chi connectivity index (χ4n) is 2.94. The van der Waals surface area contributed by atoms with Gasteiger partial charge in [-0.05, 0) is 33.2 Å². The Morgan fingerprint density at radius 3 is 2.44 bits per heavy atom. The summed E-state index contributed by atoms with van der Waals surface area (Å²) in [4.78, 5) is 5.11. The molecule has 0 atom stereocenters. The normalized spacial score (nSPS) is 27.8. The second-order valence-electron chi connectivity index (χ2n) is 5.53. The van der Waals surface area contributed by atoms with E-state index in [-0.39, 0.29) is 5.60 Å². The zero-order valence-electron chi connectivity index (χ0n) is 11.0. The van der Waals surface area contributed by atoms with Gasteiger partial charge in [0.05, 0.1) is 12.2 Å². The maximum atomic E-state index is 6.10. The third-order valence-electron chi connectivity index (χ3n) is 4.21. The molecule has 2 rings (SSSR count). The predicted molar refractivity (Wildman–Crippen MR) is 66.7 cm³/mol. The summed E-state index contributed by atoms with van der Waals surface area (Å²) >= 11 is 0. The molecule has 0 saturated carbocycles. The van der Waals surface area contributed by atoms with Crippen LogP contribution in [0.3, 0.4) is 0 Å². The molecule has 94 valence electrons. The molecule has 0 aliphatic carbocycles. The fourth-order valence-corrected chi connectivity index (χ4v) is 2.94. The number of rotatable bonds is 2. The highest BCUT2D eigenvalue weighted by atomic mass is 16.5. The lowest BCUT2D eigenvalue weighted by atomic mass is 9.89. The van der Waals surface area contributed by atoms with Crippen molar-refractivity contribution in [3.63, 3.8) is 0 Å². The van der Waals surface area contributed by atoms with Gasteiger partial charge in [-0.3, -0.25) is 4.90 Å². The molecule has 2 heterocycles. The monoisotopic (exact) mass is 226 g/mol. The van der Waals surface area contributed by atoms with Gasteiger partial charge in [0.15, 0.2) is 0 Å². The van der Waals surface area contributed by atoms with Gasteiger partial charge in [-0.2, -0.15) is 0 Å². The zero-order valence-corrected chi connectivity index (χ0v) is 11.0. The summed E-state index contributed by atoms with van der Waals surface area (Å²) in [6.07, 6.45) is 2.42. The highest BCUT2D eigenvalue weighted by Gasteiger charge is 2.39. The Bertz CT molecular complexity index is 222. The molecular formula is C13H26N2O. The second-order valence-corrected chi connectivity index (χ2v) is 5.53. The Balaban J connectivity index is 1.90. The first-order chi connectivity index (χ1) is 7.65. The molecule has 3 heteroatoms. The Morgan fingerprint density at radius 2 is 1.88 bits per heavy atom. The number of hydrogen-bond acceptors (Lipinski definition) is 3. The molecule has 1 spiro atoms. The Morgan fingerprint density at radius 1 is 1.19 bits per heavy atom. The van der Waals surface area contributed by atoms with Crippen molar-refractivity contribution in [1.82, 2.24) is 9.80 Å². The highest BCUT2D eigenvalue weighted by Crippen LogP contribution is 2.30. The number of likely N-dealkylation sites (N-methyl/N-ethyl adjacent to an activating group) is 1. The van der Waals surface area contributed by atoms with Crippen LogP contribution in [-0.2, 0) is 4.74 Å². The van der Waals surface area contributed by atoms with Crippen LogP contribution in [0, 0.1) is 0 Å². The standard InChI is InChI=1S/C13H26N2O/c1-4-14-9-10-16-13(11-14)5-7-15(8-6-13)12(2)3/h12H,4-11H2,1-3H3. The molecule has 0 aromatic carbocycles. The minimum atomic E-state index is 0.180. The minimum Gasteiger partial charge on any atom is -0.372 e. The molecule has 2 saturated heterocycles. The number of hydrogen-bond donors (Lipinski definition) is 0. The first kappa shape index (κ1) is 12.3. The van der Waals surface area contributed by atoms with Crippen molar-refractivity contribution in [1.29, 1.82) is 0 Å². The number of piperidine rings is 1. The number of morpholine rings is 1. The average molecular weight is 226 g/mol. The molecule has 0 amide bonds. The van der Waals surface area contributed by atoms with Gasteiger partial charge in [0.2, 0.25) is 0 Å². The van der Waals surface area contributed by atoms with Gasteiger partial charge in [0.25, 0.3) is 0 Å². The van der Waals surface area contributed by atoms with E-state index in [1.807, 2.05) is 0 Å². The maximum Gasteiger partial charge on any atom is 0.0833 e. The molecule has 0 unspecified atom stereocenters. The summed E-state index contributed by atoms with van der Waals surface area (Å²) < 4.78 is 6.10. The summed E-state index contributed by atoms with van der Waals surface area (Å²) in [5.74, 6) is 0. The summed E-state index contributed by atoms with van der Waals surface area (Å²) in [5, 5.41) is 0. The molecule has 0 bridgehead atoms. The molecule has 2 aliphatic heterocycles. The predicted octanol–water partition coefficient (Wildman–Crippen LogP) is 1.58. The molecule has 2 fully saturated rings. The SMILES string of the molecule is CCN1CCOC2(CCN(C(C)C)CC2)C1. The van der Waals surface area contributed by atoms with E-state index >= 15 is 0 Å². The summed E-state index contributed by atoms with van der Waals surface area (Å²) in [6, 6.07) is 0.684. The van der Waals surface area contributed by atoms with E-state index in [1.54, 1.807) is 0 Å². The van der Waals surface area contributed by atoms with Gasteiger partial charge in [0.1, 0.15) is 0 Å². The first-order valence-corrected chi connectivity index (χ1v) is 6.75. The molecule has 0 radical (unpaired) electrons. The molecule has 0 aromatic heterocycles. The van der Waals surface area contributed by atoms with Crippen LogP contribution in [0.5, 0.6) is 0 Å². The number of likely N-dealkylation sites (tertiary alicyclic amines) is 1. The van der Waals surface area contributed by atoms with E-state index in [0.717, 1.165) is 19.7 Å². The van der Waals surface area contributed by atoms with Crippen molar-refractivity contribution in [3.05, 3.63) is 0 Å². The Labute approximate surface area is 99.7 Å². The van der Waals surface area contributed by atoms with Gasteiger partial charge in [0, 0.05) is 32.2 Å².